The molecule has 0 spiro atoms. The molecule has 0 N–H and O–H groups in total. The number of benzene rings is 1. The lowest BCUT2D eigenvalue weighted by molar-refractivity contribution is 0.142. The smallest absolute Gasteiger partial charge is 0.119 e. The number of hydrogen-bond donors (Lipinski definition) is 0. The minimum Gasteiger partial charge on any atom is -0.497 e. The Balaban J connectivity index is 1.87. The van der Waals surface area contributed by atoms with Crippen molar-refractivity contribution in [1.82, 2.24) is 4.90 Å². The van der Waals surface area contributed by atoms with Gasteiger partial charge in [-0.15, -0.1) is 0 Å². The van der Waals surface area contributed by atoms with Crippen LogP contribution in [0.2, 0.25) is 0 Å². The average molecular weight is 275 g/mol. The van der Waals surface area contributed by atoms with Gasteiger partial charge in [0.05, 0.1) is 7.11 Å². The van der Waals surface area contributed by atoms with Crippen LogP contribution in [0.25, 0.3) is 0 Å². The zero-order valence-corrected chi connectivity index (χ0v) is 13.4. The monoisotopic (exact) mass is 275 g/mol. The van der Waals surface area contributed by atoms with Gasteiger partial charge >= 0.3 is 0 Å². The minimum atomic E-state index is 0.746. The van der Waals surface area contributed by atoms with Gasteiger partial charge in [0.2, 0.25) is 0 Å². The average Bonchev–Trinajstić information content (AvgIpc) is 2.47. The van der Waals surface area contributed by atoms with Gasteiger partial charge in [-0.2, -0.15) is 0 Å². The Morgan fingerprint density at radius 1 is 1.20 bits per heavy atom. The van der Waals surface area contributed by atoms with Gasteiger partial charge in [-0.25, -0.2) is 0 Å². The fourth-order valence-corrected chi connectivity index (χ4v) is 3.40. The normalized spacial score (nSPS) is 23.3. The lowest BCUT2D eigenvalue weighted by Gasteiger charge is -2.36. The predicted molar refractivity (Wildman–Crippen MR) is 85.0 cm³/mol. The van der Waals surface area contributed by atoms with E-state index in [2.05, 4.69) is 44.0 Å². The molecule has 0 heterocycles. The van der Waals surface area contributed by atoms with Gasteiger partial charge in [-0.3, -0.25) is 4.90 Å². The highest BCUT2D eigenvalue weighted by Gasteiger charge is 2.25. The standard InChI is InChI=1S/C18H29NO/c1-14(2)16-8-10-17(11-9-16)19(3)13-15-6-5-7-18(12-15)20-4/h5-7,12,14,16-17H,8-11,13H2,1-4H3/t16-,17-. The minimum absolute atomic E-state index is 0.746. The molecular formula is C18H29NO. The number of methoxy groups -OCH3 is 1. The van der Waals surface area contributed by atoms with Crippen molar-refractivity contribution in [3.8, 4) is 5.75 Å². The van der Waals surface area contributed by atoms with Crippen LogP contribution in [0.5, 0.6) is 5.75 Å². The molecule has 1 saturated carbocycles. The highest BCUT2D eigenvalue weighted by molar-refractivity contribution is 5.28. The van der Waals surface area contributed by atoms with E-state index in [9.17, 15) is 0 Å². The van der Waals surface area contributed by atoms with Crippen LogP contribution >= 0.6 is 0 Å². The molecule has 112 valence electrons. The molecule has 2 nitrogen and oxygen atoms in total. The van der Waals surface area contributed by atoms with E-state index >= 15 is 0 Å². The van der Waals surface area contributed by atoms with Crippen molar-refractivity contribution < 1.29 is 4.74 Å². The molecule has 0 aromatic heterocycles. The molecule has 0 unspecified atom stereocenters. The second kappa shape index (κ2) is 7.12. The summed E-state index contributed by atoms with van der Waals surface area (Å²) in [5.41, 5.74) is 1.35. The topological polar surface area (TPSA) is 12.5 Å². The van der Waals surface area contributed by atoms with Gasteiger partial charge in [-0.1, -0.05) is 26.0 Å². The molecule has 20 heavy (non-hydrogen) atoms. The van der Waals surface area contributed by atoms with Crippen molar-refractivity contribution in [2.45, 2.75) is 52.1 Å². The molecule has 2 rings (SSSR count). The van der Waals surface area contributed by atoms with Gasteiger partial charge in [0.15, 0.2) is 0 Å². The van der Waals surface area contributed by atoms with E-state index in [1.807, 2.05) is 6.07 Å². The Bertz CT molecular complexity index is 408. The Hall–Kier alpha value is -1.02. The highest BCUT2D eigenvalue weighted by atomic mass is 16.5. The van der Waals surface area contributed by atoms with Gasteiger partial charge in [0.25, 0.3) is 0 Å². The molecule has 1 aliphatic carbocycles. The van der Waals surface area contributed by atoms with Gasteiger partial charge in [-0.05, 0) is 62.3 Å². The lowest BCUT2D eigenvalue weighted by atomic mass is 9.79. The van der Waals surface area contributed by atoms with Crippen LogP contribution in [0.4, 0.5) is 0 Å². The third-order valence-corrected chi connectivity index (χ3v) is 4.87. The second-order valence-corrected chi connectivity index (χ2v) is 6.58. The van der Waals surface area contributed by atoms with Crippen LogP contribution in [-0.4, -0.2) is 25.1 Å². The maximum absolute atomic E-state index is 5.30. The summed E-state index contributed by atoms with van der Waals surface area (Å²) in [6.45, 7) is 5.75. The first-order valence-corrected chi connectivity index (χ1v) is 7.93. The van der Waals surface area contributed by atoms with Crippen LogP contribution in [0.15, 0.2) is 24.3 Å². The molecule has 2 heteroatoms. The number of ether oxygens (including phenoxy) is 1. The first-order valence-electron chi connectivity index (χ1n) is 7.93. The van der Waals surface area contributed by atoms with E-state index in [1.54, 1.807) is 7.11 Å². The third kappa shape index (κ3) is 3.99. The van der Waals surface area contributed by atoms with Crippen molar-refractivity contribution in [3.05, 3.63) is 29.8 Å². The molecule has 0 saturated heterocycles. The summed E-state index contributed by atoms with van der Waals surface area (Å²) in [5, 5.41) is 0. The van der Waals surface area contributed by atoms with E-state index in [0.717, 1.165) is 30.2 Å². The molecule has 0 atom stereocenters. The predicted octanol–water partition coefficient (Wildman–Crippen LogP) is 4.34. The Morgan fingerprint density at radius 3 is 2.50 bits per heavy atom. The number of nitrogens with zero attached hydrogens (tertiary/aromatic N) is 1. The van der Waals surface area contributed by atoms with E-state index in [0.29, 0.717) is 0 Å². The largest absolute Gasteiger partial charge is 0.497 e. The molecule has 1 aromatic rings. The van der Waals surface area contributed by atoms with Gasteiger partial charge in [0.1, 0.15) is 5.75 Å². The second-order valence-electron chi connectivity index (χ2n) is 6.58. The fraction of sp³-hybridized carbons (Fsp3) is 0.667. The van der Waals surface area contributed by atoms with Gasteiger partial charge in [0, 0.05) is 12.6 Å². The van der Waals surface area contributed by atoms with Crippen molar-refractivity contribution in [1.29, 1.82) is 0 Å². The number of rotatable bonds is 5. The molecule has 1 aliphatic rings. The van der Waals surface area contributed by atoms with Crippen LogP contribution < -0.4 is 4.74 Å². The first-order chi connectivity index (χ1) is 9.60. The fourth-order valence-electron chi connectivity index (χ4n) is 3.40. The number of hydrogen-bond acceptors (Lipinski definition) is 2. The molecule has 0 aliphatic heterocycles. The van der Waals surface area contributed by atoms with Crippen molar-refractivity contribution in [3.63, 3.8) is 0 Å². The Labute approximate surface area is 124 Å². The summed E-state index contributed by atoms with van der Waals surface area (Å²) in [6.07, 6.45) is 5.49. The maximum Gasteiger partial charge on any atom is 0.119 e. The third-order valence-electron chi connectivity index (χ3n) is 4.87. The van der Waals surface area contributed by atoms with Crippen LogP contribution in [0.3, 0.4) is 0 Å². The molecule has 0 radical (unpaired) electrons. The highest BCUT2D eigenvalue weighted by Crippen LogP contribution is 2.32. The van der Waals surface area contributed by atoms with Crippen LogP contribution in [0, 0.1) is 11.8 Å². The maximum atomic E-state index is 5.30. The van der Waals surface area contributed by atoms with E-state index in [-0.39, 0.29) is 0 Å². The van der Waals surface area contributed by atoms with E-state index in [4.69, 9.17) is 4.74 Å². The first kappa shape index (κ1) is 15.4. The SMILES string of the molecule is COc1cccc(CN(C)[C@H]2CC[C@H](C(C)C)CC2)c1. The summed E-state index contributed by atoms with van der Waals surface area (Å²) >= 11 is 0. The summed E-state index contributed by atoms with van der Waals surface area (Å²) in [5.74, 6) is 2.75. The summed E-state index contributed by atoms with van der Waals surface area (Å²) in [6, 6.07) is 9.18. The summed E-state index contributed by atoms with van der Waals surface area (Å²) in [7, 11) is 4.00. The molecule has 1 aromatic carbocycles. The van der Waals surface area contributed by atoms with Crippen molar-refractivity contribution >= 4 is 0 Å². The summed E-state index contributed by atoms with van der Waals surface area (Å²) < 4.78 is 5.30. The lowest BCUT2D eigenvalue weighted by Crippen LogP contribution is -2.35. The van der Waals surface area contributed by atoms with E-state index in [1.165, 1.54) is 31.2 Å². The zero-order chi connectivity index (χ0) is 14.5. The van der Waals surface area contributed by atoms with Gasteiger partial charge < -0.3 is 4.74 Å². The van der Waals surface area contributed by atoms with Crippen molar-refractivity contribution in [2.75, 3.05) is 14.2 Å². The Kier molecular flexibility index (Phi) is 5.47. The molecular weight excluding hydrogens is 246 g/mol. The van der Waals surface area contributed by atoms with Crippen LogP contribution in [0.1, 0.15) is 45.1 Å². The molecule has 0 bridgehead atoms. The summed E-state index contributed by atoms with van der Waals surface area (Å²) in [4.78, 5) is 2.52. The Morgan fingerprint density at radius 2 is 1.90 bits per heavy atom. The van der Waals surface area contributed by atoms with Crippen molar-refractivity contribution in [2.24, 2.45) is 11.8 Å². The van der Waals surface area contributed by atoms with Crippen LogP contribution in [-0.2, 0) is 6.54 Å². The molecule has 1 fully saturated rings. The zero-order valence-electron chi connectivity index (χ0n) is 13.4. The quantitative estimate of drug-likeness (QED) is 0.792. The van der Waals surface area contributed by atoms with E-state index < -0.39 is 0 Å². The molecule has 0 amide bonds.